The molecule has 0 fully saturated rings. The Bertz CT molecular complexity index is 974. The van der Waals surface area contributed by atoms with Gasteiger partial charge in [0.2, 0.25) is 11.0 Å². The normalized spacial score (nSPS) is 11.0. The molecule has 0 radical (unpaired) electrons. The van der Waals surface area contributed by atoms with Gasteiger partial charge in [0.25, 0.3) is 0 Å². The highest BCUT2D eigenvalue weighted by atomic mass is 35.5. The first-order chi connectivity index (χ1) is 13.5. The number of nitrogens with zero attached hydrogens (tertiary/aromatic N) is 5. The fourth-order valence-electron chi connectivity index (χ4n) is 2.46. The Morgan fingerprint density at radius 1 is 1.21 bits per heavy atom. The van der Waals surface area contributed by atoms with Crippen LogP contribution in [0.15, 0.2) is 23.4 Å². The number of carbonyl (C=O) groups excluding carboxylic acids is 1. The summed E-state index contributed by atoms with van der Waals surface area (Å²) in [6, 6.07) is 5.24. The van der Waals surface area contributed by atoms with Crippen LogP contribution in [0.4, 0.5) is 5.13 Å². The fourth-order valence-corrected chi connectivity index (χ4v) is 4.61. The number of carbonyl (C=O) groups is 1. The molecule has 3 rings (SSSR count). The van der Waals surface area contributed by atoms with Gasteiger partial charge < -0.3 is 4.57 Å². The van der Waals surface area contributed by atoms with Crippen LogP contribution in [-0.2, 0) is 17.8 Å². The highest BCUT2D eigenvalue weighted by Gasteiger charge is 2.17. The standard InChI is InChI=1S/C17H18Cl2N6OS2/c1-3-5-14-21-23-16(28-14)20-13(26)9-27-17-24-22-15(25(17)4-2)11-7-6-10(18)8-12(11)19/h6-8H,3-5,9H2,1-2H3,(H,20,23,26). The number of aryl methyl sites for hydroxylation is 1. The molecule has 11 heteroatoms. The van der Waals surface area contributed by atoms with Crippen LogP contribution < -0.4 is 5.32 Å². The highest BCUT2D eigenvalue weighted by Crippen LogP contribution is 2.31. The van der Waals surface area contributed by atoms with Crippen molar-refractivity contribution in [1.82, 2.24) is 25.0 Å². The van der Waals surface area contributed by atoms with Crippen LogP contribution in [0.3, 0.4) is 0 Å². The Morgan fingerprint density at radius 2 is 2.04 bits per heavy atom. The van der Waals surface area contributed by atoms with E-state index in [-0.39, 0.29) is 11.7 Å². The van der Waals surface area contributed by atoms with Crippen molar-refractivity contribution in [2.45, 2.75) is 38.4 Å². The van der Waals surface area contributed by atoms with Crippen molar-refractivity contribution in [2.75, 3.05) is 11.1 Å². The van der Waals surface area contributed by atoms with Crippen molar-refractivity contribution in [3.63, 3.8) is 0 Å². The van der Waals surface area contributed by atoms with E-state index in [4.69, 9.17) is 23.2 Å². The van der Waals surface area contributed by atoms with Crippen LogP contribution in [0.25, 0.3) is 11.4 Å². The molecule has 0 aliphatic carbocycles. The smallest absolute Gasteiger partial charge is 0.236 e. The minimum Gasteiger partial charge on any atom is -0.302 e. The maximum absolute atomic E-state index is 12.2. The molecule has 3 aromatic rings. The van der Waals surface area contributed by atoms with E-state index < -0.39 is 0 Å². The maximum atomic E-state index is 12.2. The number of amides is 1. The molecule has 148 valence electrons. The SMILES string of the molecule is CCCc1nnc(NC(=O)CSc2nnc(-c3ccc(Cl)cc3Cl)n2CC)s1. The minimum absolute atomic E-state index is 0.166. The molecular weight excluding hydrogens is 439 g/mol. The van der Waals surface area contributed by atoms with Crippen molar-refractivity contribution in [3.05, 3.63) is 33.3 Å². The molecule has 0 unspecified atom stereocenters. The summed E-state index contributed by atoms with van der Waals surface area (Å²) in [5, 5.41) is 22.4. The lowest BCUT2D eigenvalue weighted by Crippen LogP contribution is -2.14. The zero-order valence-electron chi connectivity index (χ0n) is 15.3. The van der Waals surface area contributed by atoms with E-state index in [0.29, 0.717) is 32.7 Å². The lowest BCUT2D eigenvalue weighted by Gasteiger charge is -2.08. The third-order valence-corrected chi connectivity index (χ3v) is 6.13. The number of rotatable bonds is 8. The van der Waals surface area contributed by atoms with E-state index in [2.05, 4.69) is 32.6 Å². The molecule has 2 heterocycles. The van der Waals surface area contributed by atoms with E-state index in [1.54, 1.807) is 12.1 Å². The molecule has 0 aliphatic heterocycles. The molecular formula is C17H18Cl2N6OS2. The van der Waals surface area contributed by atoms with Crippen molar-refractivity contribution in [3.8, 4) is 11.4 Å². The molecule has 1 amide bonds. The number of aromatic nitrogens is 5. The lowest BCUT2D eigenvalue weighted by atomic mass is 10.2. The number of hydrogen-bond acceptors (Lipinski definition) is 7. The second-order valence-corrected chi connectivity index (χ2v) is 8.61. The number of anilines is 1. The zero-order chi connectivity index (χ0) is 20.1. The van der Waals surface area contributed by atoms with Gasteiger partial charge in [-0.15, -0.1) is 20.4 Å². The van der Waals surface area contributed by atoms with Crippen molar-refractivity contribution in [1.29, 1.82) is 0 Å². The quantitative estimate of drug-likeness (QED) is 0.489. The summed E-state index contributed by atoms with van der Waals surface area (Å²) in [5.41, 5.74) is 0.744. The topological polar surface area (TPSA) is 85.6 Å². The molecule has 0 saturated heterocycles. The van der Waals surface area contributed by atoms with E-state index in [9.17, 15) is 4.79 Å². The first-order valence-corrected chi connectivity index (χ1v) is 11.2. The second-order valence-electron chi connectivity index (χ2n) is 5.76. The zero-order valence-corrected chi connectivity index (χ0v) is 18.4. The van der Waals surface area contributed by atoms with Crippen molar-refractivity contribution in [2.24, 2.45) is 0 Å². The molecule has 7 nitrogen and oxygen atoms in total. The molecule has 2 aromatic heterocycles. The monoisotopic (exact) mass is 456 g/mol. The van der Waals surface area contributed by atoms with Crippen molar-refractivity contribution < 1.29 is 4.79 Å². The van der Waals surface area contributed by atoms with Crippen LogP contribution in [0.5, 0.6) is 0 Å². The van der Waals surface area contributed by atoms with Gasteiger partial charge in [-0.3, -0.25) is 10.1 Å². The Morgan fingerprint density at radius 3 is 2.75 bits per heavy atom. The Labute approximate surface area is 180 Å². The third-order valence-electron chi connectivity index (χ3n) is 3.71. The van der Waals surface area contributed by atoms with Gasteiger partial charge in [-0.05, 0) is 31.5 Å². The lowest BCUT2D eigenvalue weighted by molar-refractivity contribution is -0.113. The van der Waals surface area contributed by atoms with Gasteiger partial charge in [0, 0.05) is 23.6 Å². The summed E-state index contributed by atoms with van der Waals surface area (Å²) < 4.78 is 1.91. The van der Waals surface area contributed by atoms with E-state index in [1.165, 1.54) is 23.1 Å². The van der Waals surface area contributed by atoms with Gasteiger partial charge in [-0.2, -0.15) is 0 Å². The number of halogens is 2. The predicted molar refractivity (Wildman–Crippen MR) is 114 cm³/mol. The Balaban J connectivity index is 1.67. The first kappa shape index (κ1) is 21.0. The maximum Gasteiger partial charge on any atom is 0.236 e. The highest BCUT2D eigenvalue weighted by molar-refractivity contribution is 7.99. The number of benzene rings is 1. The molecule has 0 aliphatic rings. The molecule has 28 heavy (non-hydrogen) atoms. The molecule has 1 N–H and O–H groups in total. The van der Waals surface area contributed by atoms with E-state index in [1.807, 2.05) is 17.6 Å². The largest absolute Gasteiger partial charge is 0.302 e. The summed E-state index contributed by atoms with van der Waals surface area (Å²) in [6.07, 6.45) is 1.85. The predicted octanol–water partition coefficient (Wildman–Crippen LogP) is 4.81. The van der Waals surface area contributed by atoms with Gasteiger partial charge in [0.1, 0.15) is 5.01 Å². The summed E-state index contributed by atoms with van der Waals surface area (Å²) in [6.45, 7) is 4.70. The van der Waals surface area contributed by atoms with Crippen LogP contribution in [0.1, 0.15) is 25.3 Å². The van der Waals surface area contributed by atoms with Gasteiger partial charge >= 0.3 is 0 Å². The second kappa shape index (κ2) is 9.69. The molecule has 0 atom stereocenters. The van der Waals surface area contributed by atoms with Crippen LogP contribution in [-0.4, -0.2) is 36.6 Å². The number of nitrogens with one attached hydrogen (secondary N) is 1. The molecule has 0 spiro atoms. The minimum atomic E-state index is -0.166. The van der Waals surface area contributed by atoms with Crippen LogP contribution in [0.2, 0.25) is 10.0 Å². The Hall–Kier alpha value is -1.68. The summed E-state index contributed by atoms with van der Waals surface area (Å²) in [7, 11) is 0. The summed E-state index contributed by atoms with van der Waals surface area (Å²) in [5.74, 6) is 0.663. The third kappa shape index (κ3) is 5.02. The van der Waals surface area contributed by atoms with Gasteiger partial charge in [-0.1, -0.05) is 53.2 Å². The average molecular weight is 457 g/mol. The first-order valence-electron chi connectivity index (χ1n) is 8.65. The van der Waals surface area contributed by atoms with Gasteiger partial charge in [0.05, 0.1) is 10.8 Å². The fraction of sp³-hybridized carbons (Fsp3) is 0.353. The van der Waals surface area contributed by atoms with Crippen LogP contribution in [0, 0.1) is 0 Å². The molecule has 0 bridgehead atoms. The number of thioether (sulfide) groups is 1. The summed E-state index contributed by atoms with van der Waals surface area (Å²) in [4.78, 5) is 12.2. The number of hydrogen-bond donors (Lipinski definition) is 1. The van der Waals surface area contributed by atoms with E-state index in [0.717, 1.165) is 23.4 Å². The van der Waals surface area contributed by atoms with Crippen LogP contribution >= 0.6 is 46.3 Å². The average Bonchev–Trinajstić information content (AvgIpc) is 3.27. The summed E-state index contributed by atoms with van der Waals surface area (Å²) >= 11 is 15.0. The van der Waals surface area contributed by atoms with Gasteiger partial charge in [-0.25, -0.2) is 0 Å². The molecule has 1 aromatic carbocycles. The Kier molecular flexibility index (Phi) is 7.28. The molecule has 0 saturated carbocycles. The van der Waals surface area contributed by atoms with Gasteiger partial charge in [0.15, 0.2) is 11.0 Å². The van der Waals surface area contributed by atoms with Crippen molar-refractivity contribution >= 4 is 57.3 Å². The van der Waals surface area contributed by atoms with E-state index >= 15 is 0 Å².